The summed E-state index contributed by atoms with van der Waals surface area (Å²) in [5.41, 5.74) is 1.79. The summed E-state index contributed by atoms with van der Waals surface area (Å²) in [5, 5.41) is 21.1. The molecule has 4 heterocycles. The molecule has 0 saturated carbocycles. The number of para-hydroxylation sites is 1. The number of benzene rings is 2. The third-order valence-corrected chi connectivity index (χ3v) is 8.94. The minimum atomic E-state index is -3.03. The van der Waals surface area contributed by atoms with Gasteiger partial charge in [0.1, 0.15) is 11.4 Å². The number of ether oxygens (including phenoxy) is 2. The van der Waals surface area contributed by atoms with E-state index < -0.39 is 20.0 Å². The molecular weight excluding hydrogens is 447 g/mol. The molecule has 11 heteroatoms. The van der Waals surface area contributed by atoms with E-state index in [2.05, 4.69) is 4.99 Å². The normalized spacial score (nSPS) is 24.1. The number of hydrogen-bond donors (Lipinski definition) is 2. The molecule has 2 unspecified atom stereocenters. The van der Waals surface area contributed by atoms with Crippen LogP contribution in [0.25, 0.3) is 0 Å². The molecule has 2 atom stereocenters. The number of fused-ring (bicyclic) bond motifs is 2. The molecule has 2 aromatic rings. The van der Waals surface area contributed by atoms with E-state index in [-0.39, 0.29) is 11.5 Å². The first kappa shape index (κ1) is 20.9. The maximum atomic E-state index is 13.5. The largest absolute Gasteiger partial charge is 0.504 e. The van der Waals surface area contributed by atoms with Crippen molar-refractivity contribution in [3.05, 3.63) is 41.5 Å². The van der Waals surface area contributed by atoms with Crippen molar-refractivity contribution in [2.45, 2.75) is 18.8 Å². The fourth-order valence-electron chi connectivity index (χ4n) is 4.16. The number of aliphatic imine (C=N–C) groups is 1. The van der Waals surface area contributed by atoms with E-state index in [1.807, 2.05) is 9.34 Å². The van der Waals surface area contributed by atoms with Crippen LogP contribution in [0.4, 0.5) is 5.69 Å². The van der Waals surface area contributed by atoms with Crippen LogP contribution in [-0.2, 0) is 9.09 Å². The molecule has 2 aromatic carbocycles. The van der Waals surface area contributed by atoms with Crippen molar-refractivity contribution < 1.29 is 28.8 Å². The summed E-state index contributed by atoms with van der Waals surface area (Å²) in [6, 6.07) is 8.45. The van der Waals surface area contributed by atoms with Gasteiger partial charge in [0.15, 0.2) is 23.5 Å². The smallest absolute Gasteiger partial charge is 0.346 e. The number of aliphatic hydroxyl groups excluding tert-OH is 1. The molecule has 10 nitrogen and oxygen atoms in total. The van der Waals surface area contributed by atoms with E-state index in [9.17, 15) is 14.8 Å². The first-order valence-corrected chi connectivity index (χ1v) is 12.5. The number of hydrogen-bond acceptors (Lipinski definition) is 8. The number of aliphatic hydroxyl groups is 1. The van der Waals surface area contributed by atoms with Crippen molar-refractivity contribution in [3.63, 3.8) is 0 Å². The SMILES string of the molecule is CN1C=Nc2c(Oc3cc4c(cc3O)OCCC4OP(=O)(N3CC3)N3CC3)cccc2C1O. The molecule has 0 radical (unpaired) electrons. The third kappa shape index (κ3) is 3.68. The Morgan fingerprint density at radius 2 is 1.88 bits per heavy atom. The van der Waals surface area contributed by atoms with Gasteiger partial charge in [0.05, 0.1) is 19.0 Å². The van der Waals surface area contributed by atoms with E-state index >= 15 is 0 Å². The van der Waals surface area contributed by atoms with Gasteiger partial charge in [-0.1, -0.05) is 12.1 Å². The van der Waals surface area contributed by atoms with Crippen molar-refractivity contribution in [1.82, 2.24) is 14.2 Å². The Morgan fingerprint density at radius 1 is 1.12 bits per heavy atom. The second-order valence-electron chi connectivity index (χ2n) is 8.57. The van der Waals surface area contributed by atoms with Gasteiger partial charge in [-0.2, -0.15) is 0 Å². The molecule has 0 aromatic heterocycles. The number of aromatic hydroxyl groups is 1. The van der Waals surface area contributed by atoms with Gasteiger partial charge < -0.3 is 24.6 Å². The van der Waals surface area contributed by atoms with Crippen molar-refractivity contribution >= 4 is 19.7 Å². The van der Waals surface area contributed by atoms with Crippen LogP contribution in [0.3, 0.4) is 0 Å². The second kappa shape index (κ2) is 7.72. The van der Waals surface area contributed by atoms with E-state index in [0.717, 1.165) is 26.2 Å². The molecule has 2 fully saturated rings. The Labute approximate surface area is 191 Å². The first-order valence-electron chi connectivity index (χ1n) is 11.0. The number of phenolic OH excluding ortho intramolecular Hbond substituents is 1. The summed E-state index contributed by atoms with van der Waals surface area (Å²) in [4.78, 5) is 5.98. The molecule has 174 valence electrons. The standard InChI is InChI=1S/C22H25N4O6P/c1-24-13-23-21-14(22(24)28)3-2-4-18(21)31-20-11-15-17(5-10-30-19(15)12-16(20)27)32-33(29,25-6-7-25)26-8-9-26/h2-4,11-13,17,22,27-28H,5-10H2,1H3. The number of phenols is 1. The molecular formula is C22H25N4O6P. The van der Waals surface area contributed by atoms with E-state index in [0.29, 0.717) is 41.3 Å². The van der Waals surface area contributed by atoms with Crippen LogP contribution in [0.2, 0.25) is 0 Å². The van der Waals surface area contributed by atoms with Gasteiger partial charge in [-0.15, -0.1) is 0 Å². The lowest BCUT2D eigenvalue weighted by atomic mass is 10.0. The lowest BCUT2D eigenvalue weighted by molar-refractivity contribution is 0.0707. The Bertz CT molecular complexity index is 1170. The van der Waals surface area contributed by atoms with E-state index in [1.165, 1.54) is 12.4 Å². The van der Waals surface area contributed by atoms with Crippen LogP contribution in [0.5, 0.6) is 23.0 Å². The van der Waals surface area contributed by atoms with Crippen molar-refractivity contribution in [2.24, 2.45) is 4.99 Å². The maximum absolute atomic E-state index is 13.5. The Balaban J connectivity index is 1.33. The minimum absolute atomic E-state index is 0.0930. The van der Waals surface area contributed by atoms with Gasteiger partial charge >= 0.3 is 7.67 Å². The average molecular weight is 472 g/mol. The highest BCUT2D eigenvalue weighted by Gasteiger charge is 2.51. The fourth-order valence-corrected chi connectivity index (χ4v) is 6.52. The number of nitrogens with zero attached hydrogens (tertiary/aromatic N) is 4. The molecule has 0 aliphatic carbocycles. The molecule has 4 aliphatic rings. The van der Waals surface area contributed by atoms with Crippen LogP contribution in [0, 0.1) is 0 Å². The molecule has 0 amide bonds. The number of rotatable bonds is 6. The second-order valence-corrected chi connectivity index (χ2v) is 10.9. The monoisotopic (exact) mass is 472 g/mol. The van der Waals surface area contributed by atoms with Crippen molar-refractivity contribution in [3.8, 4) is 23.0 Å². The van der Waals surface area contributed by atoms with Crippen LogP contribution < -0.4 is 9.47 Å². The first-order chi connectivity index (χ1) is 15.9. The van der Waals surface area contributed by atoms with Gasteiger partial charge in [0, 0.05) is 56.8 Å². The molecule has 0 spiro atoms. The van der Waals surface area contributed by atoms with Crippen LogP contribution in [-0.4, -0.2) is 70.6 Å². The zero-order chi connectivity index (χ0) is 22.7. The fraction of sp³-hybridized carbons (Fsp3) is 0.409. The minimum Gasteiger partial charge on any atom is -0.504 e. The van der Waals surface area contributed by atoms with Crippen LogP contribution in [0.1, 0.15) is 29.9 Å². The highest BCUT2D eigenvalue weighted by atomic mass is 31.2. The predicted octanol–water partition coefficient (Wildman–Crippen LogP) is 3.36. The molecule has 6 rings (SSSR count). The summed E-state index contributed by atoms with van der Waals surface area (Å²) in [5.74, 6) is 1.01. The van der Waals surface area contributed by atoms with Crippen LogP contribution in [0.15, 0.2) is 35.3 Å². The van der Waals surface area contributed by atoms with Crippen molar-refractivity contribution in [1.29, 1.82) is 0 Å². The highest BCUT2D eigenvalue weighted by Crippen LogP contribution is 2.64. The van der Waals surface area contributed by atoms with Crippen molar-refractivity contribution in [2.75, 3.05) is 39.8 Å². The Morgan fingerprint density at radius 3 is 2.61 bits per heavy atom. The predicted molar refractivity (Wildman–Crippen MR) is 120 cm³/mol. The third-order valence-electron chi connectivity index (χ3n) is 6.19. The van der Waals surface area contributed by atoms with Gasteiger partial charge in [0.25, 0.3) is 0 Å². The zero-order valence-corrected chi connectivity index (χ0v) is 19.0. The quantitative estimate of drug-likeness (QED) is 0.483. The zero-order valence-electron chi connectivity index (χ0n) is 18.1. The molecule has 2 N–H and O–H groups in total. The highest BCUT2D eigenvalue weighted by molar-refractivity contribution is 7.54. The van der Waals surface area contributed by atoms with Gasteiger partial charge in [-0.3, -0.25) is 9.09 Å². The molecule has 33 heavy (non-hydrogen) atoms. The molecule has 2 saturated heterocycles. The Kier molecular flexibility index (Phi) is 4.90. The van der Waals surface area contributed by atoms with E-state index in [1.54, 1.807) is 36.2 Å². The lowest BCUT2D eigenvalue weighted by Crippen LogP contribution is -2.25. The maximum Gasteiger partial charge on any atom is 0.346 e. The summed E-state index contributed by atoms with van der Waals surface area (Å²) >= 11 is 0. The summed E-state index contributed by atoms with van der Waals surface area (Å²) in [6.07, 6.45) is 0.796. The van der Waals surface area contributed by atoms with E-state index in [4.69, 9.17) is 14.0 Å². The summed E-state index contributed by atoms with van der Waals surface area (Å²) < 4.78 is 35.4. The summed E-state index contributed by atoms with van der Waals surface area (Å²) in [7, 11) is -1.30. The van der Waals surface area contributed by atoms with Gasteiger partial charge in [-0.25, -0.2) is 14.3 Å². The Hall–Kier alpha value is -2.62. The lowest BCUT2D eigenvalue weighted by Gasteiger charge is -2.31. The summed E-state index contributed by atoms with van der Waals surface area (Å²) in [6.45, 7) is 3.50. The molecule has 0 bridgehead atoms. The average Bonchev–Trinajstić information content (AvgIpc) is 3.70. The van der Waals surface area contributed by atoms with Crippen LogP contribution >= 0.6 is 7.67 Å². The molecule has 4 aliphatic heterocycles. The topological polar surface area (TPSA) is 107 Å². The van der Waals surface area contributed by atoms with Gasteiger partial charge in [0.2, 0.25) is 0 Å². The van der Waals surface area contributed by atoms with Gasteiger partial charge in [-0.05, 0) is 12.1 Å².